The summed E-state index contributed by atoms with van der Waals surface area (Å²) in [6.07, 6.45) is 0. The van der Waals surface area contributed by atoms with Crippen LogP contribution in [0.4, 0.5) is 10.5 Å². The Bertz CT molecular complexity index is 952. The van der Waals surface area contributed by atoms with Gasteiger partial charge in [0.25, 0.3) is 16.0 Å². The zero-order chi connectivity index (χ0) is 20.7. The molecule has 0 aliphatic heterocycles. The average molecular weight is 444 g/mol. The van der Waals surface area contributed by atoms with E-state index in [1.54, 1.807) is 36.4 Å². The third-order valence-corrected chi connectivity index (χ3v) is 5.80. The molecule has 0 saturated heterocycles. The summed E-state index contributed by atoms with van der Waals surface area (Å²) in [5.41, 5.74) is 3.26. The van der Waals surface area contributed by atoms with Gasteiger partial charge in [0.15, 0.2) is 0 Å². The van der Waals surface area contributed by atoms with E-state index in [0.29, 0.717) is 16.5 Å². The first-order valence-corrected chi connectivity index (χ1v) is 11.1. The van der Waals surface area contributed by atoms with Crippen LogP contribution < -0.4 is 16.2 Å². The highest BCUT2D eigenvalue weighted by Crippen LogP contribution is 2.22. The van der Waals surface area contributed by atoms with Crippen LogP contribution in [-0.2, 0) is 15.9 Å². The molecule has 2 aromatic rings. The van der Waals surface area contributed by atoms with Crippen molar-refractivity contribution in [3.05, 3.63) is 64.7 Å². The molecular weight excluding hydrogens is 426 g/mol. The Morgan fingerprint density at radius 3 is 2.46 bits per heavy atom. The number of hydrazine groups is 1. The zero-order valence-electron chi connectivity index (χ0n) is 14.5. The van der Waals surface area contributed by atoms with Gasteiger partial charge in [-0.15, -0.1) is 0 Å². The molecule has 28 heavy (non-hydrogen) atoms. The van der Waals surface area contributed by atoms with Crippen molar-refractivity contribution in [2.45, 2.75) is 5.75 Å². The molecule has 0 aliphatic carbocycles. The topological polar surface area (TPSA) is 130 Å². The van der Waals surface area contributed by atoms with E-state index < -0.39 is 22.1 Å². The Kier molecular flexibility index (Phi) is 7.84. The number of anilines is 1. The number of hydrogen-bond acceptors (Lipinski definition) is 6. The van der Waals surface area contributed by atoms with E-state index in [9.17, 15) is 18.0 Å². The second kappa shape index (κ2) is 9.89. The molecule has 8 nitrogen and oxygen atoms in total. The lowest BCUT2D eigenvalue weighted by Crippen LogP contribution is -2.46. The largest absolute Gasteiger partial charge is 0.343 e. The van der Waals surface area contributed by atoms with Crippen LogP contribution >= 0.6 is 23.4 Å². The molecule has 0 saturated carbocycles. The van der Waals surface area contributed by atoms with Crippen LogP contribution in [0.25, 0.3) is 0 Å². The molecule has 2 rings (SSSR count). The van der Waals surface area contributed by atoms with E-state index in [4.69, 9.17) is 22.0 Å². The van der Waals surface area contributed by atoms with Gasteiger partial charge in [0.05, 0.1) is 11.4 Å². The molecule has 11 heteroatoms. The minimum Gasteiger partial charge on any atom is -0.286 e. The maximum atomic E-state index is 12.9. The maximum Gasteiger partial charge on any atom is 0.343 e. The first-order valence-electron chi connectivity index (χ1n) is 7.93. The van der Waals surface area contributed by atoms with Crippen LogP contribution in [-0.4, -0.2) is 36.4 Å². The number of halogens is 1. The molecule has 0 atom stereocenters. The van der Waals surface area contributed by atoms with Gasteiger partial charge in [-0.25, -0.2) is 15.5 Å². The van der Waals surface area contributed by atoms with Crippen molar-refractivity contribution in [2.24, 2.45) is 5.84 Å². The molecule has 0 bridgehead atoms. The summed E-state index contributed by atoms with van der Waals surface area (Å²) in [4.78, 5) is 25.9. The normalized spacial score (nSPS) is 11.1. The number of thioether (sulfide) groups is 1. The van der Waals surface area contributed by atoms with Crippen molar-refractivity contribution < 1.29 is 22.6 Å². The number of hydrogen-bond donors (Lipinski definition) is 3. The van der Waals surface area contributed by atoms with Crippen LogP contribution in [0.3, 0.4) is 0 Å². The number of nitrogens with one attached hydrogen (secondary N) is 1. The van der Waals surface area contributed by atoms with E-state index in [-0.39, 0.29) is 17.1 Å². The summed E-state index contributed by atoms with van der Waals surface area (Å²) >= 11 is 7.14. The molecule has 0 aliphatic rings. The van der Waals surface area contributed by atoms with Gasteiger partial charge in [-0.3, -0.25) is 14.8 Å². The second-order valence-corrected chi connectivity index (χ2v) is 8.72. The van der Waals surface area contributed by atoms with E-state index >= 15 is 0 Å². The monoisotopic (exact) mass is 443 g/mol. The van der Waals surface area contributed by atoms with Crippen LogP contribution in [0.5, 0.6) is 0 Å². The lowest BCUT2D eigenvalue weighted by atomic mass is 10.1. The fourth-order valence-corrected chi connectivity index (χ4v) is 4.26. The van der Waals surface area contributed by atoms with Crippen molar-refractivity contribution in [3.8, 4) is 0 Å². The van der Waals surface area contributed by atoms with Crippen LogP contribution in [0, 0.1) is 0 Å². The van der Waals surface area contributed by atoms with Gasteiger partial charge in [-0.1, -0.05) is 23.7 Å². The van der Waals surface area contributed by atoms with Crippen molar-refractivity contribution in [1.29, 1.82) is 0 Å². The van der Waals surface area contributed by atoms with Crippen LogP contribution in [0.1, 0.15) is 15.9 Å². The third-order valence-electron chi connectivity index (χ3n) is 3.54. The highest BCUT2D eigenvalue weighted by Gasteiger charge is 2.24. The smallest absolute Gasteiger partial charge is 0.286 e. The molecule has 4 N–H and O–H groups in total. The predicted octanol–water partition coefficient (Wildman–Crippen LogP) is 2.69. The minimum absolute atomic E-state index is 0.212. The SMILES string of the molecule is NNC(=O)N(C(=O)c1cccc(CSCCS(=O)(=O)O)c1)c1ccc(Cl)cc1. The summed E-state index contributed by atoms with van der Waals surface area (Å²) < 4.78 is 30.2. The van der Waals surface area contributed by atoms with Gasteiger partial charge < -0.3 is 0 Å². The third kappa shape index (κ3) is 6.50. The lowest BCUT2D eigenvalue weighted by molar-refractivity contribution is 0.0993. The summed E-state index contributed by atoms with van der Waals surface area (Å²) in [6.45, 7) is 0. The molecule has 2 aromatic carbocycles. The number of nitrogens with zero attached hydrogens (tertiary/aromatic N) is 1. The van der Waals surface area contributed by atoms with Gasteiger partial charge in [0.1, 0.15) is 0 Å². The zero-order valence-corrected chi connectivity index (χ0v) is 16.9. The van der Waals surface area contributed by atoms with Crippen molar-refractivity contribution in [2.75, 3.05) is 16.4 Å². The average Bonchev–Trinajstić information content (AvgIpc) is 2.66. The number of imide groups is 1. The number of rotatable bonds is 7. The summed E-state index contributed by atoms with van der Waals surface area (Å²) in [6, 6.07) is 11.9. The lowest BCUT2D eigenvalue weighted by Gasteiger charge is -2.20. The number of benzene rings is 2. The Morgan fingerprint density at radius 2 is 1.86 bits per heavy atom. The molecule has 0 aromatic heterocycles. The van der Waals surface area contributed by atoms with E-state index in [2.05, 4.69) is 0 Å². The minimum atomic E-state index is -4.00. The Balaban J connectivity index is 2.18. The van der Waals surface area contributed by atoms with Gasteiger partial charge in [-0.2, -0.15) is 20.2 Å². The summed E-state index contributed by atoms with van der Waals surface area (Å²) in [5, 5.41) is 0.452. The Labute approximate surface area is 171 Å². The first kappa shape index (κ1) is 22.2. The quantitative estimate of drug-likeness (QED) is 0.197. The number of nitrogens with two attached hydrogens (primary N) is 1. The van der Waals surface area contributed by atoms with Gasteiger partial charge >= 0.3 is 6.03 Å². The van der Waals surface area contributed by atoms with Gasteiger partial charge in [0.2, 0.25) is 0 Å². The fourth-order valence-electron chi connectivity index (χ4n) is 2.26. The number of urea groups is 1. The van der Waals surface area contributed by atoms with Crippen LogP contribution in [0.15, 0.2) is 48.5 Å². The summed E-state index contributed by atoms with van der Waals surface area (Å²) in [7, 11) is -4.00. The Hall–Kier alpha value is -2.11. The maximum absolute atomic E-state index is 12.9. The number of carbonyl (C=O) groups is 2. The van der Waals surface area contributed by atoms with Crippen molar-refractivity contribution in [3.63, 3.8) is 0 Å². The van der Waals surface area contributed by atoms with Gasteiger partial charge in [0, 0.05) is 22.1 Å². The van der Waals surface area contributed by atoms with E-state index in [0.717, 1.165) is 10.5 Å². The molecule has 0 heterocycles. The fraction of sp³-hybridized carbons (Fsp3) is 0.176. The number of carbonyl (C=O) groups excluding carboxylic acids is 2. The standard InChI is InChI=1S/C17H18ClN3O5S2/c18-14-4-6-15(7-5-14)21(17(23)20-19)16(22)13-3-1-2-12(10-13)11-27-8-9-28(24,25)26/h1-7,10H,8-9,11,19H2,(H,20,23)(H,24,25,26). The second-order valence-electron chi connectivity index (χ2n) is 5.61. The summed E-state index contributed by atoms with van der Waals surface area (Å²) in [5.74, 6) is 4.91. The number of amides is 3. The van der Waals surface area contributed by atoms with Crippen molar-refractivity contribution >= 4 is 51.1 Å². The molecule has 0 radical (unpaired) electrons. The molecule has 0 unspecified atom stereocenters. The first-order chi connectivity index (χ1) is 13.2. The van der Waals surface area contributed by atoms with Crippen molar-refractivity contribution in [1.82, 2.24) is 5.43 Å². The van der Waals surface area contributed by atoms with E-state index in [1.807, 2.05) is 5.43 Å². The van der Waals surface area contributed by atoms with E-state index in [1.165, 1.54) is 23.9 Å². The molecule has 3 amide bonds. The molecule has 0 fully saturated rings. The highest BCUT2D eigenvalue weighted by atomic mass is 35.5. The Morgan fingerprint density at radius 1 is 1.18 bits per heavy atom. The molecular formula is C17H18ClN3O5S2. The highest BCUT2D eigenvalue weighted by molar-refractivity contribution is 7.99. The van der Waals surface area contributed by atoms with Crippen LogP contribution in [0.2, 0.25) is 5.02 Å². The predicted molar refractivity (Wildman–Crippen MR) is 110 cm³/mol. The van der Waals surface area contributed by atoms with Gasteiger partial charge in [-0.05, 0) is 42.0 Å². The molecule has 0 spiro atoms. The molecule has 150 valence electrons.